The van der Waals surface area contributed by atoms with E-state index in [1.54, 1.807) is 18.2 Å². The third-order valence-corrected chi connectivity index (χ3v) is 2.54. The first-order valence-corrected chi connectivity index (χ1v) is 6.68. The smallest absolute Gasteiger partial charge is 0.165 e. The molecular weight excluding hydrogens is 261 g/mol. The van der Waals surface area contributed by atoms with E-state index in [1.807, 2.05) is 0 Å². The van der Waals surface area contributed by atoms with Crippen LogP contribution < -0.4 is 10.1 Å². The summed E-state index contributed by atoms with van der Waals surface area (Å²) in [4.78, 5) is 0. The molecule has 5 heteroatoms. The molecule has 0 heterocycles. The molecule has 0 aliphatic carbocycles. The zero-order chi connectivity index (χ0) is 14.6. The van der Waals surface area contributed by atoms with Gasteiger partial charge in [-0.1, -0.05) is 18.2 Å². The summed E-state index contributed by atoms with van der Waals surface area (Å²) in [6, 6.07) is 6.12. The summed E-state index contributed by atoms with van der Waals surface area (Å²) in [5.41, 5.74) is 0. The van der Waals surface area contributed by atoms with Crippen molar-refractivity contribution in [3.05, 3.63) is 42.7 Å². The molecule has 20 heavy (non-hydrogen) atoms. The predicted octanol–water partition coefficient (Wildman–Crippen LogP) is 1.75. The summed E-state index contributed by atoms with van der Waals surface area (Å²) in [5, 5.41) is 12.7. The SMILES string of the molecule is C=CCCOCCNCC(O)COc1ccccc1F. The van der Waals surface area contributed by atoms with Gasteiger partial charge in [0.1, 0.15) is 12.7 Å². The molecule has 1 atom stereocenters. The van der Waals surface area contributed by atoms with Crippen LogP contribution in [0.15, 0.2) is 36.9 Å². The maximum Gasteiger partial charge on any atom is 0.165 e. The summed E-state index contributed by atoms with van der Waals surface area (Å²) >= 11 is 0. The van der Waals surface area contributed by atoms with E-state index in [2.05, 4.69) is 11.9 Å². The van der Waals surface area contributed by atoms with Gasteiger partial charge in [0.15, 0.2) is 11.6 Å². The molecule has 4 nitrogen and oxygen atoms in total. The van der Waals surface area contributed by atoms with Crippen molar-refractivity contribution in [2.75, 3.05) is 32.9 Å². The van der Waals surface area contributed by atoms with Crippen molar-refractivity contribution >= 4 is 0 Å². The van der Waals surface area contributed by atoms with Crippen LogP contribution in [-0.4, -0.2) is 44.1 Å². The van der Waals surface area contributed by atoms with Gasteiger partial charge in [0, 0.05) is 13.1 Å². The van der Waals surface area contributed by atoms with Crippen molar-refractivity contribution in [2.24, 2.45) is 0 Å². The Morgan fingerprint density at radius 1 is 1.35 bits per heavy atom. The lowest BCUT2D eigenvalue weighted by atomic mass is 10.3. The highest BCUT2D eigenvalue weighted by atomic mass is 19.1. The Balaban J connectivity index is 2.04. The topological polar surface area (TPSA) is 50.7 Å². The van der Waals surface area contributed by atoms with E-state index in [1.165, 1.54) is 12.1 Å². The van der Waals surface area contributed by atoms with Gasteiger partial charge in [0.25, 0.3) is 0 Å². The fourth-order valence-corrected chi connectivity index (χ4v) is 1.49. The number of nitrogens with one attached hydrogen (secondary N) is 1. The number of aliphatic hydroxyl groups is 1. The molecule has 1 aromatic rings. The number of rotatable bonds is 11. The molecule has 0 radical (unpaired) electrons. The lowest BCUT2D eigenvalue weighted by Crippen LogP contribution is -2.33. The van der Waals surface area contributed by atoms with Crippen LogP contribution in [0.1, 0.15) is 6.42 Å². The number of hydrogen-bond acceptors (Lipinski definition) is 4. The van der Waals surface area contributed by atoms with E-state index >= 15 is 0 Å². The second kappa shape index (κ2) is 10.4. The highest BCUT2D eigenvalue weighted by molar-refractivity contribution is 5.23. The maximum absolute atomic E-state index is 13.2. The van der Waals surface area contributed by atoms with Crippen molar-refractivity contribution in [3.8, 4) is 5.75 Å². The standard InChI is InChI=1S/C15H22FNO3/c1-2-3-9-19-10-8-17-11-13(18)12-20-15-7-5-4-6-14(15)16/h2,4-7,13,17-18H,1,3,8-12H2. The zero-order valence-electron chi connectivity index (χ0n) is 11.6. The lowest BCUT2D eigenvalue weighted by Gasteiger charge is -2.13. The molecule has 112 valence electrons. The number of hydrogen-bond donors (Lipinski definition) is 2. The Bertz CT molecular complexity index is 387. The van der Waals surface area contributed by atoms with Gasteiger partial charge in [-0.25, -0.2) is 4.39 Å². The molecule has 0 aliphatic rings. The molecule has 0 saturated carbocycles. The normalized spacial score (nSPS) is 12.1. The van der Waals surface area contributed by atoms with Crippen LogP contribution in [0.2, 0.25) is 0 Å². The van der Waals surface area contributed by atoms with Crippen molar-refractivity contribution in [3.63, 3.8) is 0 Å². The molecule has 1 rings (SSSR count). The van der Waals surface area contributed by atoms with E-state index in [4.69, 9.17) is 9.47 Å². The maximum atomic E-state index is 13.2. The van der Waals surface area contributed by atoms with Gasteiger partial charge >= 0.3 is 0 Å². The molecule has 0 saturated heterocycles. The van der Waals surface area contributed by atoms with E-state index in [0.29, 0.717) is 26.3 Å². The molecule has 1 aromatic carbocycles. The van der Waals surface area contributed by atoms with E-state index in [9.17, 15) is 9.50 Å². The first-order chi connectivity index (χ1) is 9.74. The quantitative estimate of drug-likeness (QED) is 0.480. The average Bonchev–Trinajstić information content (AvgIpc) is 2.45. The molecule has 0 aromatic heterocycles. The van der Waals surface area contributed by atoms with Gasteiger partial charge < -0.3 is 19.9 Å². The monoisotopic (exact) mass is 283 g/mol. The molecule has 0 fully saturated rings. The summed E-state index contributed by atoms with van der Waals surface area (Å²) in [6.45, 7) is 5.90. The van der Waals surface area contributed by atoms with Gasteiger partial charge in [-0.05, 0) is 18.6 Å². The number of ether oxygens (including phenoxy) is 2. The summed E-state index contributed by atoms with van der Waals surface area (Å²) in [5.74, 6) is -0.275. The fourth-order valence-electron chi connectivity index (χ4n) is 1.49. The molecular formula is C15H22FNO3. The molecule has 0 amide bonds. The van der Waals surface area contributed by atoms with Crippen LogP contribution in [0.25, 0.3) is 0 Å². The highest BCUT2D eigenvalue weighted by Gasteiger charge is 2.07. The minimum atomic E-state index is -0.692. The van der Waals surface area contributed by atoms with Crippen LogP contribution in [-0.2, 0) is 4.74 Å². The van der Waals surface area contributed by atoms with E-state index in [0.717, 1.165) is 6.42 Å². The minimum Gasteiger partial charge on any atom is -0.488 e. The third-order valence-electron chi connectivity index (χ3n) is 2.54. The minimum absolute atomic E-state index is 0.0469. The Morgan fingerprint density at radius 2 is 2.15 bits per heavy atom. The molecule has 2 N–H and O–H groups in total. The Kier molecular flexibility index (Phi) is 8.62. The second-order valence-corrected chi connectivity index (χ2v) is 4.29. The summed E-state index contributed by atoms with van der Waals surface area (Å²) in [7, 11) is 0. The van der Waals surface area contributed by atoms with Gasteiger partial charge in [-0.15, -0.1) is 6.58 Å². The predicted molar refractivity (Wildman–Crippen MR) is 76.4 cm³/mol. The highest BCUT2D eigenvalue weighted by Crippen LogP contribution is 2.15. The van der Waals surface area contributed by atoms with Crippen molar-refractivity contribution in [1.29, 1.82) is 0 Å². The lowest BCUT2D eigenvalue weighted by molar-refractivity contribution is 0.0975. The van der Waals surface area contributed by atoms with Crippen LogP contribution in [0, 0.1) is 5.82 Å². The molecule has 1 unspecified atom stereocenters. The van der Waals surface area contributed by atoms with Crippen molar-refractivity contribution in [2.45, 2.75) is 12.5 Å². The fraction of sp³-hybridized carbons (Fsp3) is 0.467. The van der Waals surface area contributed by atoms with Crippen molar-refractivity contribution in [1.82, 2.24) is 5.32 Å². The van der Waals surface area contributed by atoms with Crippen LogP contribution in [0.4, 0.5) is 4.39 Å². The van der Waals surface area contributed by atoms with Crippen LogP contribution in [0.3, 0.4) is 0 Å². The third kappa shape index (κ3) is 7.23. The van der Waals surface area contributed by atoms with Gasteiger partial charge in [-0.2, -0.15) is 0 Å². The van der Waals surface area contributed by atoms with Crippen LogP contribution >= 0.6 is 0 Å². The number of para-hydroxylation sites is 1. The zero-order valence-corrected chi connectivity index (χ0v) is 11.6. The Labute approximate surface area is 119 Å². The first kappa shape index (κ1) is 16.6. The van der Waals surface area contributed by atoms with Crippen LogP contribution in [0.5, 0.6) is 5.75 Å². The number of halogens is 1. The van der Waals surface area contributed by atoms with Gasteiger partial charge in [-0.3, -0.25) is 0 Å². The number of benzene rings is 1. The van der Waals surface area contributed by atoms with Gasteiger partial charge in [0.05, 0.1) is 13.2 Å². The Hall–Kier alpha value is -1.43. The summed E-state index contributed by atoms with van der Waals surface area (Å²) in [6.07, 6.45) is 1.94. The Morgan fingerprint density at radius 3 is 2.90 bits per heavy atom. The van der Waals surface area contributed by atoms with Crippen molar-refractivity contribution < 1.29 is 19.0 Å². The largest absolute Gasteiger partial charge is 0.488 e. The molecule has 0 aliphatic heterocycles. The number of aliphatic hydroxyl groups excluding tert-OH is 1. The first-order valence-electron chi connectivity index (χ1n) is 6.68. The molecule has 0 bridgehead atoms. The van der Waals surface area contributed by atoms with Gasteiger partial charge in [0.2, 0.25) is 0 Å². The molecule has 0 spiro atoms. The van der Waals surface area contributed by atoms with E-state index in [-0.39, 0.29) is 12.4 Å². The second-order valence-electron chi connectivity index (χ2n) is 4.29. The average molecular weight is 283 g/mol. The van der Waals surface area contributed by atoms with E-state index < -0.39 is 11.9 Å². The summed E-state index contributed by atoms with van der Waals surface area (Å²) < 4.78 is 23.8.